The molecule has 2 aromatic carbocycles. The monoisotopic (exact) mass is 296 g/mol. The van der Waals surface area contributed by atoms with Crippen molar-refractivity contribution in [2.45, 2.75) is 20.0 Å². The van der Waals surface area contributed by atoms with Crippen LogP contribution in [0.3, 0.4) is 0 Å². The van der Waals surface area contributed by atoms with Crippen LogP contribution in [-0.4, -0.2) is 12.6 Å². The Morgan fingerprint density at radius 3 is 2.55 bits per heavy atom. The first kappa shape index (κ1) is 15.8. The maximum atomic E-state index is 11.3. The molecule has 0 aromatic heterocycles. The predicted octanol–water partition coefficient (Wildman–Crippen LogP) is 3.93. The van der Waals surface area contributed by atoms with Gasteiger partial charge in [0.05, 0.1) is 6.61 Å². The van der Waals surface area contributed by atoms with Crippen LogP contribution >= 0.6 is 0 Å². The van der Waals surface area contributed by atoms with Crippen LogP contribution in [-0.2, 0) is 22.6 Å². The summed E-state index contributed by atoms with van der Waals surface area (Å²) in [4.78, 5) is 11.3. The smallest absolute Gasteiger partial charge is 0.330 e. The van der Waals surface area contributed by atoms with Crippen molar-refractivity contribution in [3.8, 4) is 5.75 Å². The summed E-state index contributed by atoms with van der Waals surface area (Å²) in [5.41, 5.74) is 2.17. The number of carbonyl (C=O) groups excluding carboxylic acids is 1. The molecule has 22 heavy (non-hydrogen) atoms. The van der Waals surface area contributed by atoms with Crippen LogP contribution in [0.4, 0.5) is 0 Å². The summed E-state index contributed by atoms with van der Waals surface area (Å²) >= 11 is 0. The van der Waals surface area contributed by atoms with Crippen LogP contribution in [0, 0.1) is 0 Å². The highest BCUT2D eigenvalue weighted by Gasteiger charge is 2.02. The summed E-state index contributed by atoms with van der Waals surface area (Å²) in [6, 6.07) is 17.9. The lowest BCUT2D eigenvalue weighted by molar-refractivity contribution is -0.137. The van der Waals surface area contributed by atoms with Gasteiger partial charge in [-0.15, -0.1) is 0 Å². The zero-order valence-corrected chi connectivity index (χ0v) is 12.7. The number of para-hydroxylation sites is 1. The van der Waals surface area contributed by atoms with Gasteiger partial charge < -0.3 is 9.47 Å². The molecule has 0 heterocycles. The lowest BCUT2D eigenvalue weighted by Crippen LogP contribution is -2.00. The molecule has 0 amide bonds. The van der Waals surface area contributed by atoms with Crippen LogP contribution in [0.1, 0.15) is 18.1 Å². The maximum absolute atomic E-state index is 11.3. The third-order valence-corrected chi connectivity index (χ3v) is 3.09. The molecule has 0 saturated carbocycles. The van der Waals surface area contributed by atoms with Crippen molar-refractivity contribution in [2.24, 2.45) is 0 Å². The average molecular weight is 296 g/mol. The van der Waals surface area contributed by atoms with Crippen LogP contribution in [0.25, 0.3) is 0 Å². The van der Waals surface area contributed by atoms with Gasteiger partial charge in [-0.1, -0.05) is 54.6 Å². The van der Waals surface area contributed by atoms with Gasteiger partial charge in [0, 0.05) is 6.08 Å². The standard InChI is InChI=1S/C19H20O3/c1-2-21-19(20)14-8-12-17-11-6-7-13-18(17)22-15-16-9-4-3-5-10-16/h3-11,13-14H,2,12,15H2,1H3/b14-8+. The number of rotatable bonds is 7. The van der Waals surface area contributed by atoms with Crippen LogP contribution < -0.4 is 4.74 Å². The minimum atomic E-state index is -0.315. The van der Waals surface area contributed by atoms with E-state index in [1.807, 2.05) is 54.6 Å². The third-order valence-electron chi connectivity index (χ3n) is 3.09. The summed E-state index contributed by atoms with van der Waals surface area (Å²) in [7, 11) is 0. The molecule has 0 radical (unpaired) electrons. The molecular weight excluding hydrogens is 276 g/mol. The van der Waals surface area contributed by atoms with Gasteiger partial charge in [0.25, 0.3) is 0 Å². The van der Waals surface area contributed by atoms with Gasteiger partial charge >= 0.3 is 5.97 Å². The van der Waals surface area contributed by atoms with E-state index in [4.69, 9.17) is 9.47 Å². The number of benzene rings is 2. The molecule has 0 fully saturated rings. The topological polar surface area (TPSA) is 35.5 Å². The maximum Gasteiger partial charge on any atom is 0.330 e. The molecule has 0 aliphatic heterocycles. The van der Waals surface area contributed by atoms with E-state index in [9.17, 15) is 4.79 Å². The Bertz CT molecular complexity index is 618. The fraction of sp³-hybridized carbons (Fsp3) is 0.211. The first-order valence-corrected chi connectivity index (χ1v) is 7.37. The van der Waals surface area contributed by atoms with Crippen molar-refractivity contribution in [3.05, 3.63) is 77.9 Å². The fourth-order valence-electron chi connectivity index (χ4n) is 2.02. The first-order valence-electron chi connectivity index (χ1n) is 7.37. The number of hydrogen-bond donors (Lipinski definition) is 0. The number of carbonyl (C=O) groups is 1. The van der Waals surface area contributed by atoms with E-state index in [0.717, 1.165) is 16.9 Å². The van der Waals surface area contributed by atoms with Crippen molar-refractivity contribution >= 4 is 5.97 Å². The van der Waals surface area contributed by atoms with Crippen molar-refractivity contribution < 1.29 is 14.3 Å². The molecule has 0 bridgehead atoms. The van der Waals surface area contributed by atoms with E-state index in [2.05, 4.69) is 0 Å². The molecule has 0 spiro atoms. The summed E-state index contributed by atoms with van der Waals surface area (Å²) in [6.45, 7) is 2.71. The molecule has 114 valence electrons. The minimum absolute atomic E-state index is 0.315. The van der Waals surface area contributed by atoms with Gasteiger partial charge in [0.1, 0.15) is 12.4 Å². The quantitative estimate of drug-likeness (QED) is 0.573. The molecule has 0 saturated heterocycles. The summed E-state index contributed by atoms with van der Waals surface area (Å²) in [6.07, 6.45) is 3.88. The highest BCUT2D eigenvalue weighted by molar-refractivity contribution is 5.81. The number of hydrogen-bond acceptors (Lipinski definition) is 3. The second-order valence-electron chi connectivity index (χ2n) is 4.74. The average Bonchev–Trinajstić information content (AvgIpc) is 2.55. The molecule has 2 rings (SSSR count). The lowest BCUT2D eigenvalue weighted by atomic mass is 10.1. The van der Waals surface area contributed by atoms with E-state index >= 15 is 0 Å². The zero-order valence-electron chi connectivity index (χ0n) is 12.7. The summed E-state index contributed by atoms with van der Waals surface area (Å²) in [5.74, 6) is 0.519. The zero-order chi connectivity index (χ0) is 15.6. The van der Waals surface area contributed by atoms with Crippen LogP contribution in [0.2, 0.25) is 0 Å². The molecule has 0 N–H and O–H groups in total. The Hall–Kier alpha value is -2.55. The molecule has 0 atom stereocenters. The van der Waals surface area contributed by atoms with E-state index in [1.165, 1.54) is 6.08 Å². The summed E-state index contributed by atoms with van der Waals surface area (Å²) in [5, 5.41) is 0. The Morgan fingerprint density at radius 1 is 1.05 bits per heavy atom. The van der Waals surface area contributed by atoms with E-state index in [-0.39, 0.29) is 5.97 Å². The van der Waals surface area contributed by atoms with E-state index in [0.29, 0.717) is 19.6 Å². The Labute approximate surface area is 131 Å². The number of ether oxygens (including phenoxy) is 2. The molecule has 3 nitrogen and oxygen atoms in total. The van der Waals surface area contributed by atoms with Gasteiger partial charge in [-0.05, 0) is 30.5 Å². The second-order valence-corrected chi connectivity index (χ2v) is 4.74. The Balaban J connectivity index is 1.96. The van der Waals surface area contributed by atoms with Gasteiger partial charge in [0.2, 0.25) is 0 Å². The van der Waals surface area contributed by atoms with Crippen molar-refractivity contribution in [1.29, 1.82) is 0 Å². The van der Waals surface area contributed by atoms with Gasteiger partial charge in [0.15, 0.2) is 0 Å². The highest BCUT2D eigenvalue weighted by atomic mass is 16.5. The predicted molar refractivity (Wildman–Crippen MR) is 86.7 cm³/mol. The van der Waals surface area contributed by atoms with E-state index < -0.39 is 0 Å². The number of esters is 1. The van der Waals surface area contributed by atoms with E-state index in [1.54, 1.807) is 13.0 Å². The van der Waals surface area contributed by atoms with Crippen molar-refractivity contribution in [3.63, 3.8) is 0 Å². The first-order chi connectivity index (χ1) is 10.8. The fourth-order valence-corrected chi connectivity index (χ4v) is 2.02. The minimum Gasteiger partial charge on any atom is -0.489 e. The lowest BCUT2D eigenvalue weighted by Gasteiger charge is -2.10. The Morgan fingerprint density at radius 2 is 1.77 bits per heavy atom. The SMILES string of the molecule is CCOC(=O)/C=C/Cc1ccccc1OCc1ccccc1. The molecule has 3 heteroatoms. The molecule has 0 aliphatic rings. The number of allylic oxidation sites excluding steroid dienone is 1. The highest BCUT2D eigenvalue weighted by Crippen LogP contribution is 2.20. The Kier molecular flexibility index (Phi) is 6.24. The molecule has 0 aliphatic carbocycles. The van der Waals surface area contributed by atoms with Gasteiger partial charge in [-0.3, -0.25) is 0 Å². The molecular formula is C19H20O3. The molecule has 0 unspecified atom stereocenters. The summed E-state index contributed by atoms with van der Waals surface area (Å²) < 4.78 is 10.7. The van der Waals surface area contributed by atoms with Gasteiger partial charge in [-0.2, -0.15) is 0 Å². The van der Waals surface area contributed by atoms with Crippen LogP contribution in [0.5, 0.6) is 5.75 Å². The molecule has 2 aromatic rings. The normalized spacial score (nSPS) is 10.6. The van der Waals surface area contributed by atoms with Crippen molar-refractivity contribution in [1.82, 2.24) is 0 Å². The second kappa shape index (κ2) is 8.67. The van der Waals surface area contributed by atoms with Gasteiger partial charge in [-0.25, -0.2) is 4.79 Å². The third kappa shape index (κ3) is 5.09. The van der Waals surface area contributed by atoms with Crippen molar-refractivity contribution in [2.75, 3.05) is 6.61 Å². The largest absolute Gasteiger partial charge is 0.489 e. The van der Waals surface area contributed by atoms with Crippen LogP contribution in [0.15, 0.2) is 66.7 Å².